The number of carbonyl (C=O) groups is 1. The topological polar surface area (TPSA) is 58.4 Å². The minimum absolute atomic E-state index is 0. The molecule has 1 saturated heterocycles. The Hall–Kier alpha value is -0.0300. The highest BCUT2D eigenvalue weighted by atomic mass is 35.5. The summed E-state index contributed by atoms with van der Waals surface area (Å²) in [6, 6.07) is -0.00731. The van der Waals surface area contributed by atoms with E-state index in [2.05, 4.69) is 17.1 Å². The van der Waals surface area contributed by atoms with E-state index in [0.717, 1.165) is 32.5 Å². The molecule has 0 aromatic carbocycles. The predicted octanol–water partition coefficient (Wildman–Crippen LogP) is 1.17. The van der Waals surface area contributed by atoms with Gasteiger partial charge in [-0.25, -0.2) is 0 Å². The molecule has 1 rings (SSSR count). The van der Waals surface area contributed by atoms with E-state index in [1.807, 2.05) is 6.92 Å². The van der Waals surface area contributed by atoms with Crippen molar-refractivity contribution in [3.05, 3.63) is 0 Å². The average molecular weight is 286 g/mol. The van der Waals surface area contributed by atoms with Gasteiger partial charge in [-0.15, -0.1) is 24.8 Å². The third-order valence-corrected chi connectivity index (χ3v) is 3.16. The second-order valence-electron chi connectivity index (χ2n) is 4.23. The summed E-state index contributed by atoms with van der Waals surface area (Å²) in [6.07, 6.45) is 2.81. The lowest BCUT2D eigenvalue weighted by Crippen LogP contribution is -2.49. The molecule has 1 fully saturated rings. The highest BCUT2D eigenvalue weighted by Crippen LogP contribution is 2.09. The molecule has 104 valence electrons. The molecule has 0 aliphatic carbocycles. The summed E-state index contributed by atoms with van der Waals surface area (Å²) in [4.78, 5) is 13.9. The molecule has 0 aromatic heterocycles. The molecule has 3 N–H and O–H groups in total. The first-order chi connectivity index (χ1) is 7.17. The van der Waals surface area contributed by atoms with E-state index in [1.165, 1.54) is 0 Å². The zero-order valence-electron chi connectivity index (χ0n) is 10.6. The third-order valence-electron chi connectivity index (χ3n) is 3.16. The molecule has 4 nitrogen and oxygen atoms in total. The van der Waals surface area contributed by atoms with Crippen LogP contribution in [0, 0.1) is 0 Å². The van der Waals surface area contributed by atoms with Gasteiger partial charge in [0.25, 0.3) is 0 Å². The van der Waals surface area contributed by atoms with Crippen LogP contribution in [0.25, 0.3) is 0 Å². The summed E-state index contributed by atoms with van der Waals surface area (Å²) in [5, 5.41) is 3.02. The Morgan fingerprint density at radius 2 is 1.88 bits per heavy atom. The third kappa shape index (κ3) is 6.46. The molecule has 0 bridgehead atoms. The Bertz CT molecular complexity index is 209. The maximum atomic E-state index is 11.5. The van der Waals surface area contributed by atoms with Crippen LogP contribution in [0.15, 0.2) is 0 Å². The van der Waals surface area contributed by atoms with Gasteiger partial charge in [0, 0.05) is 19.1 Å². The number of hydrogen-bond donors (Lipinski definition) is 2. The first-order valence-electron chi connectivity index (χ1n) is 5.95. The smallest absolute Gasteiger partial charge is 0.237 e. The Kier molecular flexibility index (Phi) is 11.3. The van der Waals surface area contributed by atoms with Gasteiger partial charge in [-0.3, -0.25) is 4.79 Å². The average Bonchev–Trinajstić information content (AvgIpc) is 2.29. The lowest BCUT2D eigenvalue weighted by atomic mass is 10.0. The van der Waals surface area contributed by atoms with E-state index in [9.17, 15) is 4.79 Å². The quantitative estimate of drug-likeness (QED) is 0.815. The van der Waals surface area contributed by atoms with Crippen LogP contribution in [0.2, 0.25) is 0 Å². The number of halogens is 2. The van der Waals surface area contributed by atoms with E-state index in [1.54, 1.807) is 0 Å². The number of nitrogens with zero attached hydrogens (tertiary/aromatic N) is 1. The second-order valence-corrected chi connectivity index (χ2v) is 4.23. The molecule has 0 spiro atoms. The Balaban J connectivity index is 0. The standard InChI is InChI=1S/C11H23N3O.2ClH/c1-3-10(12)11(15)13-9-5-7-14(4-2)8-6-9;;/h9-10H,3-8,12H2,1-2H3,(H,13,15);2*1H/t10-;;/m0../s1. The van der Waals surface area contributed by atoms with Crippen molar-refractivity contribution in [2.24, 2.45) is 5.73 Å². The molecule has 17 heavy (non-hydrogen) atoms. The first kappa shape index (κ1) is 19.3. The molecule has 0 unspecified atom stereocenters. The fraction of sp³-hybridized carbons (Fsp3) is 0.909. The van der Waals surface area contributed by atoms with Gasteiger partial charge in [0.05, 0.1) is 6.04 Å². The van der Waals surface area contributed by atoms with Gasteiger partial charge >= 0.3 is 0 Å². The molecule has 1 heterocycles. The summed E-state index contributed by atoms with van der Waals surface area (Å²) < 4.78 is 0. The molecule has 0 aromatic rings. The fourth-order valence-corrected chi connectivity index (χ4v) is 1.89. The highest BCUT2D eigenvalue weighted by Gasteiger charge is 2.21. The first-order valence-corrected chi connectivity index (χ1v) is 5.95. The molecule has 1 atom stereocenters. The summed E-state index contributed by atoms with van der Waals surface area (Å²) in [6.45, 7) is 7.39. The molecule has 1 aliphatic rings. The van der Waals surface area contributed by atoms with Crippen molar-refractivity contribution < 1.29 is 4.79 Å². The van der Waals surface area contributed by atoms with E-state index in [4.69, 9.17) is 5.73 Å². The zero-order valence-corrected chi connectivity index (χ0v) is 12.3. The Labute approximate surface area is 117 Å². The molecule has 0 saturated carbocycles. The second kappa shape index (κ2) is 9.95. The lowest BCUT2D eigenvalue weighted by Gasteiger charge is -2.31. The number of piperidine rings is 1. The van der Waals surface area contributed by atoms with Crippen LogP contribution in [0.3, 0.4) is 0 Å². The van der Waals surface area contributed by atoms with E-state index in [0.29, 0.717) is 12.5 Å². The van der Waals surface area contributed by atoms with Gasteiger partial charge in [-0.05, 0) is 25.8 Å². The number of rotatable bonds is 4. The molecule has 1 amide bonds. The summed E-state index contributed by atoms with van der Waals surface area (Å²) >= 11 is 0. The number of amides is 1. The van der Waals surface area contributed by atoms with Crippen LogP contribution < -0.4 is 11.1 Å². The van der Waals surface area contributed by atoms with Crippen LogP contribution in [0.4, 0.5) is 0 Å². The van der Waals surface area contributed by atoms with Gasteiger partial charge in [0.2, 0.25) is 5.91 Å². The molecule has 1 aliphatic heterocycles. The largest absolute Gasteiger partial charge is 0.352 e. The Morgan fingerprint density at radius 1 is 1.35 bits per heavy atom. The number of carbonyl (C=O) groups excluding carboxylic acids is 1. The van der Waals surface area contributed by atoms with Gasteiger partial charge in [-0.2, -0.15) is 0 Å². The van der Waals surface area contributed by atoms with E-state index in [-0.39, 0.29) is 36.8 Å². The van der Waals surface area contributed by atoms with Gasteiger partial charge in [0.1, 0.15) is 0 Å². The zero-order chi connectivity index (χ0) is 11.3. The van der Waals surface area contributed by atoms with Crippen molar-refractivity contribution in [2.75, 3.05) is 19.6 Å². The van der Waals surface area contributed by atoms with Crippen LogP contribution in [0.5, 0.6) is 0 Å². The summed E-state index contributed by atoms with van der Waals surface area (Å²) in [7, 11) is 0. The van der Waals surface area contributed by atoms with Crippen molar-refractivity contribution >= 4 is 30.7 Å². The van der Waals surface area contributed by atoms with Crippen molar-refractivity contribution in [3.63, 3.8) is 0 Å². The van der Waals surface area contributed by atoms with Crippen molar-refractivity contribution in [1.82, 2.24) is 10.2 Å². The van der Waals surface area contributed by atoms with E-state index >= 15 is 0 Å². The molecular weight excluding hydrogens is 261 g/mol. The molecular formula is C11H25Cl2N3O. The summed E-state index contributed by atoms with van der Waals surface area (Å²) in [5.74, 6) is 0.00690. The number of hydrogen-bond acceptors (Lipinski definition) is 3. The normalized spacial score (nSPS) is 18.8. The van der Waals surface area contributed by atoms with Crippen molar-refractivity contribution in [1.29, 1.82) is 0 Å². The monoisotopic (exact) mass is 285 g/mol. The van der Waals surface area contributed by atoms with Crippen LogP contribution in [-0.4, -0.2) is 42.5 Å². The summed E-state index contributed by atoms with van der Waals surface area (Å²) in [5.41, 5.74) is 5.66. The predicted molar refractivity (Wildman–Crippen MR) is 76.0 cm³/mol. The maximum Gasteiger partial charge on any atom is 0.237 e. The highest BCUT2D eigenvalue weighted by molar-refractivity contribution is 5.85. The number of nitrogens with two attached hydrogens (primary N) is 1. The van der Waals surface area contributed by atoms with E-state index < -0.39 is 0 Å². The van der Waals surface area contributed by atoms with Gasteiger partial charge in [-0.1, -0.05) is 13.8 Å². The lowest BCUT2D eigenvalue weighted by molar-refractivity contribution is -0.123. The van der Waals surface area contributed by atoms with Crippen molar-refractivity contribution in [3.8, 4) is 0 Å². The molecule has 6 heteroatoms. The number of likely N-dealkylation sites (tertiary alicyclic amines) is 1. The molecule has 0 radical (unpaired) electrons. The number of nitrogens with one attached hydrogen (secondary N) is 1. The SMILES string of the molecule is CC[C@H](N)C(=O)NC1CCN(CC)CC1.Cl.Cl. The van der Waals surface area contributed by atoms with Crippen LogP contribution >= 0.6 is 24.8 Å². The fourth-order valence-electron chi connectivity index (χ4n) is 1.89. The Morgan fingerprint density at radius 3 is 2.29 bits per heavy atom. The minimum Gasteiger partial charge on any atom is -0.352 e. The minimum atomic E-state index is -0.339. The van der Waals surface area contributed by atoms with Crippen LogP contribution in [-0.2, 0) is 4.79 Å². The van der Waals surface area contributed by atoms with Gasteiger partial charge in [0.15, 0.2) is 0 Å². The maximum absolute atomic E-state index is 11.5. The van der Waals surface area contributed by atoms with Crippen molar-refractivity contribution in [2.45, 2.75) is 45.2 Å². The van der Waals surface area contributed by atoms with Gasteiger partial charge < -0.3 is 16.0 Å². The van der Waals surface area contributed by atoms with Crippen LogP contribution in [0.1, 0.15) is 33.1 Å².